The molecule has 0 bridgehead atoms. The molecule has 0 unspecified atom stereocenters. The maximum atomic E-state index is 14.1. The highest BCUT2D eigenvalue weighted by Gasteiger charge is 2.36. The van der Waals surface area contributed by atoms with Crippen molar-refractivity contribution >= 4 is 66.6 Å². The molecule has 7 nitrogen and oxygen atoms in total. The summed E-state index contributed by atoms with van der Waals surface area (Å²) in [6.45, 7) is -0.298. The van der Waals surface area contributed by atoms with Crippen molar-refractivity contribution in [1.82, 2.24) is 4.90 Å². The van der Waals surface area contributed by atoms with Crippen LogP contribution in [0.3, 0.4) is 0 Å². The highest BCUT2D eigenvalue weighted by atomic mass is 79.9. The van der Waals surface area contributed by atoms with E-state index in [-0.39, 0.29) is 32.7 Å². The van der Waals surface area contributed by atoms with Crippen molar-refractivity contribution in [2.24, 2.45) is 0 Å². The molecule has 0 N–H and O–H groups in total. The molecule has 1 fully saturated rings. The molecule has 1 aliphatic rings. The summed E-state index contributed by atoms with van der Waals surface area (Å²) < 4.78 is 49.9. The first-order valence-corrected chi connectivity index (χ1v) is 13.5. The predicted octanol–water partition coefficient (Wildman–Crippen LogP) is 6.25. The van der Waals surface area contributed by atoms with E-state index in [1.54, 1.807) is 6.07 Å². The SMILES string of the molecule is COc1ccc(S(=O)(=O)Oc2ccc(/C=C3\SC(=O)N(Cc4c(F)cccc4Cl)C3=O)cc2Br)cc1. The van der Waals surface area contributed by atoms with Crippen molar-refractivity contribution in [2.75, 3.05) is 7.11 Å². The Balaban J connectivity index is 1.52. The molecule has 0 saturated carbocycles. The van der Waals surface area contributed by atoms with Gasteiger partial charge in [-0.05, 0) is 87.9 Å². The molecule has 36 heavy (non-hydrogen) atoms. The van der Waals surface area contributed by atoms with Gasteiger partial charge in [0.15, 0.2) is 5.75 Å². The average molecular weight is 613 g/mol. The predicted molar refractivity (Wildman–Crippen MR) is 138 cm³/mol. The molecule has 3 aromatic carbocycles. The molecule has 186 valence electrons. The average Bonchev–Trinajstić information content (AvgIpc) is 3.10. The third-order valence-electron chi connectivity index (χ3n) is 5.05. The van der Waals surface area contributed by atoms with E-state index >= 15 is 0 Å². The van der Waals surface area contributed by atoms with Crippen LogP contribution >= 0.6 is 39.3 Å². The second-order valence-electron chi connectivity index (χ2n) is 7.37. The summed E-state index contributed by atoms with van der Waals surface area (Å²) in [4.78, 5) is 26.2. The van der Waals surface area contributed by atoms with Crippen LogP contribution in [0.1, 0.15) is 11.1 Å². The van der Waals surface area contributed by atoms with Crippen molar-refractivity contribution in [2.45, 2.75) is 11.4 Å². The minimum atomic E-state index is -4.11. The standard InChI is InChI=1S/C24H16BrClFNO6S2/c1-33-15-6-8-16(9-7-15)36(31,32)34-21-10-5-14(11-18(21)25)12-22-23(29)28(24(30)35-22)13-17-19(26)3-2-4-20(17)27/h2-12H,13H2,1H3/b22-12-. The summed E-state index contributed by atoms with van der Waals surface area (Å²) in [5.74, 6) is -0.677. The third-order valence-corrected chi connectivity index (χ3v) is 8.18. The molecule has 4 rings (SSSR count). The lowest BCUT2D eigenvalue weighted by molar-refractivity contribution is -0.123. The first-order chi connectivity index (χ1) is 17.1. The zero-order chi connectivity index (χ0) is 26.0. The molecular formula is C24H16BrClFNO6S2. The van der Waals surface area contributed by atoms with Crippen LogP contribution in [0.5, 0.6) is 11.5 Å². The van der Waals surface area contributed by atoms with E-state index in [1.807, 2.05) is 0 Å². The number of thioether (sulfide) groups is 1. The van der Waals surface area contributed by atoms with Gasteiger partial charge in [0.25, 0.3) is 11.1 Å². The number of nitrogens with zero attached hydrogens (tertiary/aromatic N) is 1. The van der Waals surface area contributed by atoms with E-state index in [4.69, 9.17) is 20.5 Å². The van der Waals surface area contributed by atoms with Gasteiger partial charge in [-0.2, -0.15) is 8.42 Å². The molecule has 1 saturated heterocycles. The van der Waals surface area contributed by atoms with Crippen molar-refractivity contribution in [3.63, 3.8) is 0 Å². The maximum Gasteiger partial charge on any atom is 0.339 e. The fraction of sp³-hybridized carbons (Fsp3) is 0.0833. The number of carbonyl (C=O) groups is 2. The minimum Gasteiger partial charge on any atom is -0.497 e. The number of hydrogen-bond donors (Lipinski definition) is 0. The molecule has 1 aliphatic heterocycles. The van der Waals surface area contributed by atoms with Gasteiger partial charge in [0.05, 0.1) is 23.0 Å². The van der Waals surface area contributed by atoms with Crippen LogP contribution in [0, 0.1) is 5.82 Å². The van der Waals surface area contributed by atoms with Crippen LogP contribution in [0.15, 0.2) is 74.9 Å². The molecule has 0 radical (unpaired) electrons. The number of hydrogen-bond acceptors (Lipinski definition) is 7. The Kier molecular flexibility index (Phi) is 7.74. The quantitative estimate of drug-likeness (QED) is 0.230. The number of imide groups is 1. The number of rotatable bonds is 7. The summed E-state index contributed by atoms with van der Waals surface area (Å²) in [5, 5.41) is -0.447. The van der Waals surface area contributed by atoms with E-state index < -0.39 is 27.1 Å². The lowest BCUT2D eigenvalue weighted by atomic mass is 10.2. The summed E-state index contributed by atoms with van der Waals surface area (Å²) in [5.41, 5.74) is 0.551. The van der Waals surface area contributed by atoms with Gasteiger partial charge in [-0.15, -0.1) is 0 Å². The molecule has 0 aromatic heterocycles. The Hall–Kier alpha value is -2.86. The number of carbonyl (C=O) groups excluding carboxylic acids is 2. The number of ether oxygens (including phenoxy) is 1. The van der Waals surface area contributed by atoms with Crippen molar-refractivity contribution in [1.29, 1.82) is 0 Å². The topological polar surface area (TPSA) is 90.0 Å². The lowest BCUT2D eigenvalue weighted by Crippen LogP contribution is -2.28. The molecular weight excluding hydrogens is 597 g/mol. The third kappa shape index (κ3) is 5.59. The van der Waals surface area contributed by atoms with Crippen LogP contribution in [-0.2, 0) is 21.5 Å². The summed E-state index contributed by atoms with van der Waals surface area (Å²) >= 11 is 10.0. The number of benzene rings is 3. The molecule has 0 atom stereocenters. The van der Waals surface area contributed by atoms with E-state index in [0.717, 1.165) is 4.90 Å². The largest absolute Gasteiger partial charge is 0.497 e. The van der Waals surface area contributed by atoms with Gasteiger partial charge >= 0.3 is 10.1 Å². The fourth-order valence-corrected chi connectivity index (χ4v) is 5.81. The Morgan fingerprint density at radius 3 is 2.47 bits per heavy atom. The van der Waals surface area contributed by atoms with E-state index in [2.05, 4.69) is 15.9 Å². The number of amides is 2. The summed E-state index contributed by atoms with van der Waals surface area (Å²) in [6.07, 6.45) is 1.47. The van der Waals surface area contributed by atoms with Gasteiger partial charge in [0.2, 0.25) is 0 Å². The van der Waals surface area contributed by atoms with Gasteiger partial charge in [-0.1, -0.05) is 23.7 Å². The van der Waals surface area contributed by atoms with Crippen LogP contribution in [-0.4, -0.2) is 31.6 Å². The zero-order valence-electron chi connectivity index (χ0n) is 18.4. The van der Waals surface area contributed by atoms with Crippen LogP contribution in [0.4, 0.5) is 9.18 Å². The lowest BCUT2D eigenvalue weighted by Gasteiger charge is -2.14. The van der Waals surface area contributed by atoms with Gasteiger partial charge in [0, 0.05) is 10.6 Å². The normalized spacial score (nSPS) is 15.0. The molecule has 1 heterocycles. The molecule has 2 amide bonds. The highest BCUT2D eigenvalue weighted by Crippen LogP contribution is 2.36. The fourth-order valence-electron chi connectivity index (χ4n) is 3.21. The first kappa shape index (κ1) is 26.2. The van der Waals surface area contributed by atoms with Crippen molar-refractivity contribution in [3.8, 4) is 11.5 Å². The van der Waals surface area contributed by atoms with E-state index in [0.29, 0.717) is 27.5 Å². The Morgan fingerprint density at radius 2 is 1.83 bits per heavy atom. The Bertz CT molecular complexity index is 1470. The van der Waals surface area contributed by atoms with Gasteiger partial charge < -0.3 is 8.92 Å². The second kappa shape index (κ2) is 10.6. The van der Waals surface area contributed by atoms with Crippen molar-refractivity contribution < 1.29 is 31.3 Å². The second-order valence-corrected chi connectivity index (χ2v) is 11.2. The highest BCUT2D eigenvalue weighted by molar-refractivity contribution is 9.10. The van der Waals surface area contributed by atoms with Gasteiger partial charge in [-0.3, -0.25) is 14.5 Å². The van der Waals surface area contributed by atoms with E-state index in [9.17, 15) is 22.4 Å². The van der Waals surface area contributed by atoms with Crippen LogP contribution in [0.2, 0.25) is 5.02 Å². The zero-order valence-corrected chi connectivity index (χ0v) is 22.4. The molecule has 0 spiro atoms. The van der Waals surface area contributed by atoms with Gasteiger partial charge in [0.1, 0.15) is 16.5 Å². The molecule has 0 aliphatic carbocycles. The van der Waals surface area contributed by atoms with Crippen LogP contribution in [0.25, 0.3) is 6.08 Å². The number of methoxy groups -OCH3 is 1. The Labute approximate surface area is 224 Å². The molecule has 3 aromatic rings. The Morgan fingerprint density at radius 1 is 1.11 bits per heavy atom. The first-order valence-electron chi connectivity index (χ1n) is 10.2. The van der Waals surface area contributed by atoms with Crippen molar-refractivity contribution in [3.05, 3.63) is 92.0 Å². The van der Waals surface area contributed by atoms with Crippen LogP contribution < -0.4 is 8.92 Å². The van der Waals surface area contributed by atoms with Gasteiger partial charge in [-0.25, -0.2) is 4.39 Å². The number of halogens is 3. The summed E-state index contributed by atoms with van der Waals surface area (Å²) in [6, 6.07) is 14.3. The minimum absolute atomic E-state index is 0.0327. The van der Waals surface area contributed by atoms with E-state index in [1.165, 1.54) is 67.8 Å². The maximum absolute atomic E-state index is 14.1. The molecule has 12 heteroatoms. The summed E-state index contributed by atoms with van der Waals surface area (Å²) in [7, 11) is -2.64. The monoisotopic (exact) mass is 611 g/mol. The smallest absolute Gasteiger partial charge is 0.339 e.